The number of hydrogen-bond acceptors (Lipinski definition) is 9. The normalized spacial score (nSPS) is 17.9. The van der Waals surface area contributed by atoms with Crippen LogP contribution in [0.15, 0.2) is 0 Å². The molecule has 1 fully saturated rings. The van der Waals surface area contributed by atoms with Gasteiger partial charge in [0.1, 0.15) is 18.1 Å². The zero-order valence-corrected chi connectivity index (χ0v) is 33.2. The van der Waals surface area contributed by atoms with Gasteiger partial charge < -0.3 is 47.5 Å². The molecule has 302 valence electrons. The molecule has 9 N–H and O–H groups in total. The van der Waals surface area contributed by atoms with Crippen molar-refractivity contribution < 1.29 is 33.8 Å². The molecular weight excluding hydrogens is 666 g/mol. The van der Waals surface area contributed by atoms with E-state index >= 15 is 0 Å². The summed E-state index contributed by atoms with van der Waals surface area (Å²) < 4.78 is 6.36. The van der Waals surface area contributed by atoms with E-state index in [0.29, 0.717) is 25.9 Å². The van der Waals surface area contributed by atoms with Crippen LogP contribution in [0.4, 0.5) is 0 Å². The number of likely N-dealkylation sites (N-methyl/N-ethyl adjacent to an activating group) is 1. The van der Waals surface area contributed by atoms with Crippen LogP contribution >= 0.6 is 0 Å². The first-order chi connectivity index (χ1) is 24.7. The van der Waals surface area contributed by atoms with E-state index in [9.17, 15) is 24.0 Å². The lowest BCUT2D eigenvalue weighted by molar-refractivity contribution is -0.147. The molecule has 1 aliphatic rings. The number of amides is 5. The highest BCUT2D eigenvalue weighted by molar-refractivity contribution is 5.94. The predicted octanol–water partition coefficient (Wildman–Crippen LogP) is 1.96. The van der Waals surface area contributed by atoms with Crippen LogP contribution in [0.5, 0.6) is 0 Å². The van der Waals surface area contributed by atoms with Crippen molar-refractivity contribution in [3.05, 3.63) is 0 Å². The molecule has 1 rings (SSSR count). The Morgan fingerprint density at radius 1 is 0.885 bits per heavy atom. The van der Waals surface area contributed by atoms with Crippen molar-refractivity contribution in [2.75, 3.05) is 39.9 Å². The molecule has 0 spiro atoms. The van der Waals surface area contributed by atoms with Gasteiger partial charge in [-0.15, -0.1) is 0 Å². The van der Waals surface area contributed by atoms with E-state index in [-0.39, 0.29) is 55.4 Å². The molecule has 0 radical (unpaired) electrons. The van der Waals surface area contributed by atoms with Gasteiger partial charge >= 0.3 is 0 Å². The van der Waals surface area contributed by atoms with Crippen LogP contribution < -0.4 is 32.7 Å². The number of carbonyl (C=O) groups is 5. The number of unbranched alkanes of at least 4 members (excludes halogenated alkanes) is 3. The third-order valence-electron chi connectivity index (χ3n) is 10.1. The molecule has 7 atom stereocenters. The van der Waals surface area contributed by atoms with Gasteiger partial charge in [0.15, 0.2) is 0 Å². The van der Waals surface area contributed by atoms with E-state index in [2.05, 4.69) is 28.2 Å². The highest BCUT2D eigenvalue weighted by atomic mass is 16.5. The minimum Gasteiger partial charge on any atom is -0.395 e. The van der Waals surface area contributed by atoms with Crippen molar-refractivity contribution >= 4 is 29.5 Å². The molecule has 14 nitrogen and oxygen atoms in total. The Hall–Kier alpha value is -2.81. The van der Waals surface area contributed by atoms with Crippen molar-refractivity contribution in [1.82, 2.24) is 26.2 Å². The van der Waals surface area contributed by atoms with Crippen molar-refractivity contribution in [2.45, 2.75) is 149 Å². The average molecular weight is 740 g/mol. The minimum absolute atomic E-state index is 0.000621. The topological polar surface area (TPSA) is 218 Å². The fourth-order valence-corrected chi connectivity index (χ4v) is 6.76. The van der Waals surface area contributed by atoms with E-state index < -0.39 is 47.9 Å². The number of nitrogens with one attached hydrogen (secondary N) is 4. The van der Waals surface area contributed by atoms with Gasteiger partial charge in [0, 0.05) is 38.6 Å². The van der Waals surface area contributed by atoms with Gasteiger partial charge in [-0.05, 0) is 44.4 Å². The third kappa shape index (κ3) is 17.3. The zero-order chi connectivity index (χ0) is 39.2. The maximum atomic E-state index is 14.2. The molecule has 0 heterocycles. The maximum Gasteiger partial charge on any atom is 0.243 e. The van der Waals surface area contributed by atoms with Gasteiger partial charge in [0.05, 0.1) is 25.2 Å². The fraction of sp³-hybridized carbons (Fsp3) is 0.868. The van der Waals surface area contributed by atoms with Gasteiger partial charge in [-0.3, -0.25) is 24.0 Å². The zero-order valence-electron chi connectivity index (χ0n) is 33.2. The quantitative estimate of drug-likeness (QED) is 0.0509. The minimum atomic E-state index is -1.06. The summed E-state index contributed by atoms with van der Waals surface area (Å²) in [6.07, 6.45) is 10.0. The number of aliphatic hydroxyl groups is 1. The second kappa shape index (κ2) is 26.0. The molecule has 0 aromatic carbocycles. The highest BCUT2D eigenvalue weighted by Gasteiger charge is 2.38. The summed E-state index contributed by atoms with van der Waals surface area (Å²) in [6.45, 7) is 12.5. The Morgan fingerprint density at radius 3 is 2.10 bits per heavy atom. The van der Waals surface area contributed by atoms with Gasteiger partial charge in [-0.2, -0.15) is 0 Å². The smallest absolute Gasteiger partial charge is 0.243 e. The van der Waals surface area contributed by atoms with Crippen molar-refractivity contribution in [3.8, 4) is 0 Å². The highest BCUT2D eigenvalue weighted by Crippen LogP contribution is 2.27. The molecule has 0 aromatic heterocycles. The van der Waals surface area contributed by atoms with Crippen LogP contribution in [0.2, 0.25) is 0 Å². The Balaban J connectivity index is 3.19. The molecule has 1 aliphatic carbocycles. The summed E-state index contributed by atoms with van der Waals surface area (Å²) in [4.78, 5) is 68.1. The van der Waals surface area contributed by atoms with E-state index in [1.54, 1.807) is 7.05 Å². The van der Waals surface area contributed by atoms with E-state index in [4.69, 9.17) is 21.3 Å². The van der Waals surface area contributed by atoms with Crippen LogP contribution in [0, 0.1) is 23.7 Å². The third-order valence-corrected chi connectivity index (χ3v) is 10.1. The van der Waals surface area contributed by atoms with Crippen molar-refractivity contribution in [3.63, 3.8) is 0 Å². The number of nitrogens with zero attached hydrogens (tertiary/aromatic N) is 1. The van der Waals surface area contributed by atoms with E-state index in [1.807, 2.05) is 34.6 Å². The number of hydrogen-bond donors (Lipinski definition) is 7. The number of nitrogens with two attached hydrogens (primary N) is 2. The molecular formula is C38H73N7O7. The monoisotopic (exact) mass is 740 g/mol. The maximum absolute atomic E-state index is 14.2. The van der Waals surface area contributed by atoms with Gasteiger partial charge in [-0.25, -0.2) is 0 Å². The lowest BCUT2D eigenvalue weighted by atomic mass is 9.90. The standard InChI is InChI=1S/C38H73N7O7/c1-8-9-10-15-18-32(52-24-27(5)42-35(48)26(4)23-41-19-20-46)28(6)38(51)45(7)31(21-25(2)3)36(49)44-33(29-16-13-11-12-14-17-29)37(50)43-30(22-39)34(40)47/h25-33,41,46H,8-24,39H2,1-7H3,(H2,40,47)(H,42,48)(H,43,50)(H,44,49)/t26-,27+,28+,30-,31-,32+,33-/m0/s1. The summed E-state index contributed by atoms with van der Waals surface area (Å²) in [7, 11) is 1.63. The van der Waals surface area contributed by atoms with Crippen molar-refractivity contribution in [2.24, 2.45) is 35.1 Å². The lowest BCUT2D eigenvalue weighted by Crippen LogP contribution is -2.60. The van der Waals surface area contributed by atoms with Crippen LogP contribution in [-0.4, -0.2) is 110 Å². The second-order valence-corrected chi connectivity index (χ2v) is 15.3. The predicted molar refractivity (Wildman–Crippen MR) is 204 cm³/mol. The summed E-state index contributed by atoms with van der Waals surface area (Å²) in [5, 5.41) is 20.7. The summed E-state index contributed by atoms with van der Waals surface area (Å²) >= 11 is 0. The number of ether oxygens (including phenoxy) is 1. The number of primary amides is 1. The first-order valence-electron chi connectivity index (χ1n) is 19.8. The van der Waals surface area contributed by atoms with E-state index in [0.717, 1.165) is 64.2 Å². The summed E-state index contributed by atoms with van der Waals surface area (Å²) in [6, 6.07) is -3.12. The average Bonchev–Trinajstić information content (AvgIpc) is 3.39. The second-order valence-electron chi connectivity index (χ2n) is 15.3. The fourth-order valence-electron chi connectivity index (χ4n) is 6.76. The molecule has 0 aromatic rings. The molecule has 14 heteroatoms. The van der Waals surface area contributed by atoms with Crippen LogP contribution in [0.3, 0.4) is 0 Å². The summed E-state index contributed by atoms with van der Waals surface area (Å²) in [5.41, 5.74) is 11.2. The van der Waals surface area contributed by atoms with E-state index in [1.165, 1.54) is 4.90 Å². The van der Waals surface area contributed by atoms with Crippen LogP contribution in [-0.2, 0) is 28.7 Å². The Bertz CT molecular complexity index is 1070. The molecule has 52 heavy (non-hydrogen) atoms. The Labute approximate surface area is 313 Å². The lowest BCUT2D eigenvalue weighted by Gasteiger charge is -2.35. The van der Waals surface area contributed by atoms with Gasteiger partial charge in [0.2, 0.25) is 29.5 Å². The number of aliphatic hydroxyl groups excluding tert-OH is 1. The Kier molecular flexibility index (Phi) is 23.6. The Morgan fingerprint density at radius 2 is 1.54 bits per heavy atom. The first kappa shape index (κ1) is 47.2. The largest absolute Gasteiger partial charge is 0.395 e. The van der Waals surface area contributed by atoms with Crippen LogP contribution in [0.1, 0.15) is 119 Å². The molecule has 5 amide bonds. The molecule has 0 unspecified atom stereocenters. The van der Waals surface area contributed by atoms with Crippen molar-refractivity contribution in [1.29, 1.82) is 0 Å². The molecule has 0 saturated heterocycles. The van der Waals surface area contributed by atoms with Gasteiger partial charge in [0.25, 0.3) is 0 Å². The molecule has 0 bridgehead atoms. The number of rotatable bonds is 26. The van der Waals surface area contributed by atoms with Gasteiger partial charge in [-0.1, -0.05) is 86.0 Å². The molecule has 0 aliphatic heterocycles. The first-order valence-corrected chi connectivity index (χ1v) is 19.8. The SMILES string of the molecule is CCCCCC[C@@H](OC[C@@H](C)NC(=O)[C@@H](C)CNCCO)[C@@H](C)C(=O)N(C)[C@@H](CC(C)C)C(=O)N[C@H](C(=O)N[C@@H](CN)C(N)=O)C1CCCCCC1. The molecule has 1 saturated carbocycles. The van der Waals surface area contributed by atoms with Crippen LogP contribution in [0.25, 0.3) is 0 Å². The number of carbonyl (C=O) groups excluding carboxylic acids is 5. The summed E-state index contributed by atoms with van der Waals surface area (Å²) in [5.74, 6) is -3.00.